The molecular weight excluding hydrogens is 236 g/mol. The maximum atomic E-state index is 11.2. The summed E-state index contributed by atoms with van der Waals surface area (Å²) in [6.07, 6.45) is 1.38. The minimum Gasteiger partial charge on any atom is -0.465 e. The van der Waals surface area contributed by atoms with Crippen molar-refractivity contribution in [1.82, 2.24) is 0 Å². The number of carbonyl (C=O) groups excluding carboxylic acids is 2. The number of alkyl halides is 1. The van der Waals surface area contributed by atoms with Gasteiger partial charge in [0.25, 0.3) is 0 Å². The molecule has 0 aliphatic heterocycles. The molecule has 0 saturated heterocycles. The van der Waals surface area contributed by atoms with Crippen molar-refractivity contribution >= 4 is 27.7 Å². The molecule has 0 bridgehead atoms. The molecule has 0 amide bonds. The Balaban J connectivity index is 4.07. The zero-order chi connectivity index (χ0) is 10.3. The molecule has 76 valence electrons. The lowest BCUT2D eigenvalue weighted by Gasteiger charge is -2.10. The lowest BCUT2D eigenvalue weighted by Crippen LogP contribution is -2.24. The average molecular weight is 251 g/mol. The first-order valence-corrected chi connectivity index (χ1v) is 5.48. The highest BCUT2D eigenvalue weighted by Gasteiger charge is 2.23. The van der Waals surface area contributed by atoms with Crippen LogP contribution < -0.4 is 0 Å². The van der Waals surface area contributed by atoms with E-state index in [9.17, 15) is 9.59 Å². The van der Waals surface area contributed by atoms with E-state index in [0.29, 0.717) is 13.0 Å². The van der Waals surface area contributed by atoms with Crippen molar-refractivity contribution in [2.45, 2.75) is 26.7 Å². The Morgan fingerprint density at radius 3 is 2.46 bits per heavy atom. The number of hydrogen-bond donors (Lipinski definition) is 0. The van der Waals surface area contributed by atoms with Gasteiger partial charge in [0.05, 0.1) is 6.61 Å². The number of ketones is 1. The maximum Gasteiger partial charge on any atom is 0.316 e. The number of ether oxygens (including phenoxy) is 1. The van der Waals surface area contributed by atoms with Gasteiger partial charge in [0, 0.05) is 5.33 Å². The molecule has 0 aromatic carbocycles. The summed E-state index contributed by atoms with van der Waals surface area (Å²) in [5, 5.41) is 0.802. The number of halogens is 1. The summed E-state index contributed by atoms with van der Waals surface area (Å²) < 4.78 is 4.79. The molecule has 1 unspecified atom stereocenters. The van der Waals surface area contributed by atoms with Crippen LogP contribution in [0.15, 0.2) is 0 Å². The minimum atomic E-state index is -0.572. The van der Waals surface area contributed by atoms with Crippen LogP contribution in [0.2, 0.25) is 0 Å². The molecule has 0 radical (unpaired) electrons. The Bertz CT molecular complexity index is 180. The van der Waals surface area contributed by atoms with Gasteiger partial charge in [0.1, 0.15) is 11.7 Å². The minimum absolute atomic E-state index is 0.112. The van der Waals surface area contributed by atoms with Crippen molar-refractivity contribution in [3.63, 3.8) is 0 Å². The highest BCUT2D eigenvalue weighted by molar-refractivity contribution is 9.09. The molecule has 0 heterocycles. The molecule has 3 nitrogen and oxygen atoms in total. The van der Waals surface area contributed by atoms with Gasteiger partial charge in [-0.25, -0.2) is 0 Å². The van der Waals surface area contributed by atoms with Crippen LogP contribution in [0.25, 0.3) is 0 Å². The first kappa shape index (κ1) is 12.6. The van der Waals surface area contributed by atoms with Gasteiger partial charge in [-0.3, -0.25) is 9.59 Å². The fourth-order valence-electron chi connectivity index (χ4n) is 1.01. The first-order chi connectivity index (χ1) is 6.13. The van der Waals surface area contributed by atoms with Crippen molar-refractivity contribution in [3.8, 4) is 0 Å². The Labute approximate surface area is 87.0 Å². The van der Waals surface area contributed by atoms with E-state index >= 15 is 0 Å². The van der Waals surface area contributed by atoms with Crippen LogP contribution in [-0.4, -0.2) is 23.7 Å². The fraction of sp³-hybridized carbons (Fsp3) is 0.778. The largest absolute Gasteiger partial charge is 0.465 e. The summed E-state index contributed by atoms with van der Waals surface area (Å²) in [5.74, 6) is -1.08. The van der Waals surface area contributed by atoms with Crippen LogP contribution in [0.3, 0.4) is 0 Å². The van der Waals surface area contributed by atoms with E-state index in [-0.39, 0.29) is 5.78 Å². The predicted octanol–water partition coefficient (Wildman–Crippen LogP) is 1.93. The third-order valence-electron chi connectivity index (χ3n) is 1.69. The standard InChI is InChI=1S/C9H15BrO3/c1-3-13-9(12)8(7(2)11)5-4-6-10/h8H,3-6H2,1-2H3. The molecule has 0 aliphatic rings. The van der Waals surface area contributed by atoms with E-state index in [1.807, 2.05) is 0 Å². The van der Waals surface area contributed by atoms with Crippen molar-refractivity contribution in [2.75, 3.05) is 11.9 Å². The van der Waals surface area contributed by atoms with E-state index in [1.54, 1.807) is 6.92 Å². The topological polar surface area (TPSA) is 43.4 Å². The number of hydrogen-bond acceptors (Lipinski definition) is 3. The number of rotatable bonds is 6. The van der Waals surface area contributed by atoms with Gasteiger partial charge < -0.3 is 4.74 Å². The molecule has 0 N–H and O–H groups in total. The van der Waals surface area contributed by atoms with Crippen LogP contribution in [-0.2, 0) is 14.3 Å². The first-order valence-electron chi connectivity index (χ1n) is 4.36. The van der Waals surface area contributed by atoms with E-state index in [0.717, 1.165) is 11.8 Å². The Morgan fingerprint density at radius 1 is 1.46 bits per heavy atom. The SMILES string of the molecule is CCOC(=O)C(CCCBr)C(C)=O. The van der Waals surface area contributed by atoms with Gasteiger partial charge >= 0.3 is 5.97 Å². The summed E-state index contributed by atoms with van der Waals surface area (Å²) in [5.41, 5.74) is 0. The number of carbonyl (C=O) groups is 2. The second kappa shape index (κ2) is 7.06. The molecule has 0 aromatic heterocycles. The zero-order valence-electron chi connectivity index (χ0n) is 8.01. The van der Waals surface area contributed by atoms with Crippen LogP contribution in [0.4, 0.5) is 0 Å². The average Bonchev–Trinajstić information content (AvgIpc) is 2.05. The molecule has 4 heteroatoms. The summed E-state index contributed by atoms with van der Waals surface area (Å²) in [4.78, 5) is 22.3. The molecule has 0 fully saturated rings. The van der Waals surface area contributed by atoms with Crippen LogP contribution in [0, 0.1) is 5.92 Å². The zero-order valence-corrected chi connectivity index (χ0v) is 9.59. The molecule has 0 spiro atoms. The predicted molar refractivity (Wildman–Crippen MR) is 53.8 cm³/mol. The highest BCUT2D eigenvalue weighted by atomic mass is 79.9. The molecule has 0 aliphatic carbocycles. The smallest absolute Gasteiger partial charge is 0.316 e. The van der Waals surface area contributed by atoms with Crippen LogP contribution >= 0.6 is 15.9 Å². The van der Waals surface area contributed by atoms with Gasteiger partial charge in [-0.15, -0.1) is 0 Å². The van der Waals surface area contributed by atoms with Crippen molar-refractivity contribution in [1.29, 1.82) is 0 Å². The monoisotopic (exact) mass is 250 g/mol. The Hall–Kier alpha value is -0.380. The summed E-state index contributed by atoms with van der Waals surface area (Å²) >= 11 is 3.25. The summed E-state index contributed by atoms with van der Waals surface area (Å²) in [6.45, 7) is 3.49. The van der Waals surface area contributed by atoms with E-state index in [2.05, 4.69) is 15.9 Å². The van der Waals surface area contributed by atoms with Gasteiger partial charge in [-0.1, -0.05) is 15.9 Å². The van der Waals surface area contributed by atoms with Crippen molar-refractivity contribution in [2.24, 2.45) is 5.92 Å². The van der Waals surface area contributed by atoms with Crippen molar-refractivity contribution in [3.05, 3.63) is 0 Å². The molecular formula is C9H15BrO3. The molecule has 0 saturated carbocycles. The Kier molecular flexibility index (Phi) is 6.86. The molecule has 1 atom stereocenters. The molecule has 0 rings (SSSR count). The number of Topliss-reactive ketones (excluding diaryl/α,β-unsaturated/α-hetero) is 1. The van der Waals surface area contributed by atoms with Crippen LogP contribution in [0.1, 0.15) is 26.7 Å². The normalized spacial score (nSPS) is 12.2. The fourth-order valence-corrected chi connectivity index (χ4v) is 1.33. The van der Waals surface area contributed by atoms with E-state index in [4.69, 9.17) is 4.74 Å². The van der Waals surface area contributed by atoms with Gasteiger partial charge in [-0.05, 0) is 26.7 Å². The summed E-state index contributed by atoms with van der Waals surface area (Å²) in [6, 6.07) is 0. The van der Waals surface area contributed by atoms with Gasteiger partial charge in [-0.2, -0.15) is 0 Å². The second-order valence-corrected chi connectivity index (χ2v) is 3.54. The number of esters is 1. The highest BCUT2D eigenvalue weighted by Crippen LogP contribution is 2.11. The lowest BCUT2D eigenvalue weighted by molar-refractivity contribution is -0.151. The molecule has 0 aromatic rings. The van der Waals surface area contributed by atoms with Crippen molar-refractivity contribution < 1.29 is 14.3 Å². The Morgan fingerprint density at radius 2 is 2.08 bits per heavy atom. The lowest BCUT2D eigenvalue weighted by atomic mass is 10.00. The van der Waals surface area contributed by atoms with Gasteiger partial charge in [0.15, 0.2) is 0 Å². The van der Waals surface area contributed by atoms with E-state index < -0.39 is 11.9 Å². The third kappa shape index (κ3) is 5.03. The third-order valence-corrected chi connectivity index (χ3v) is 2.25. The second-order valence-electron chi connectivity index (χ2n) is 2.75. The molecule has 13 heavy (non-hydrogen) atoms. The quantitative estimate of drug-likeness (QED) is 0.411. The maximum absolute atomic E-state index is 11.2. The van der Waals surface area contributed by atoms with E-state index in [1.165, 1.54) is 6.92 Å². The van der Waals surface area contributed by atoms with Crippen LogP contribution in [0.5, 0.6) is 0 Å². The summed E-state index contributed by atoms with van der Waals surface area (Å²) in [7, 11) is 0. The van der Waals surface area contributed by atoms with Gasteiger partial charge in [0.2, 0.25) is 0 Å².